The molecule has 2 N–H and O–H groups in total. The highest BCUT2D eigenvalue weighted by atomic mass is 32.1. The van der Waals surface area contributed by atoms with Crippen molar-refractivity contribution in [3.05, 3.63) is 52.2 Å². The van der Waals surface area contributed by atoms with Crippen LogP contribution < -0.4 is 5.73 Å². The third-order valence-electron chi connectivity index (χ3n) is 3.84. The lowest BCUT2D eigenvalue weighted by Crippen LogP contribution is -2.31. The second-order valence-corrected chi connectivity index (χ2v) is 6.00. The molecule has 2 heterocycles. The van der Waals surface area contributed by atoms with Crippen LogP contribution in [0.5, 0.6) is 0 Å². The molecule has 1 fully saturated rings. The molecule has 3 rings (SSSR count). The highest BCUT2D eigenvalue weighted by molar-refractivity contribution is 7.07. The molecule has 1 aliphatic heterocycles. The summed E-state index contributed by atoms with van der Waals surface area (Å²) < 4.78 is 0. The molecule has 1 amide bonds. The van der Waals surface area contributed by atoms with Gasteiger partial charge in [-0.2, -0.15) is 11.3 Å². The Bertz CT molecular complexity index is 577. The molecule has 0 saturated carbocycles. The molecule has 20 heavy (non-hydrogen) atoms. The van der Waals surface area contributed by atoms with Crippen LogP contribution in [0.15, 0.2) is 41.1 Å². The van der Waals surface area contributed by atoms with E-state index in [-0.39, 0.29) is 11.9 Å². The number of carbonyl (C=O) groups is 1. The van der Waals surface area contributed by atoms with Gasteiger partial charge in [0.05, 0.1) is 12.5 Å². The molecule has 0 radical (unpaired) electrons. The number of hydrogen-bond acceptors (Lipinski definition) is 3. The van der Waals surface area contributed by atoms with E-state index in [0.717, 1.165) is 30.6 Å². The zero-order chi connectivity index (χ0) is 13.9. The van der Waals surface area contributed by atoms with E-state index in [4.69, 9.17) is 5.73 Å². The summed E-state index contributed by atoms with van der Waals surface area (Å²) in [5, 5.41) is 4.23. The predicted octanol–water partition coefficient (Wildman–Crippen LogP) is 3.24. The van der Waals surface area contributed by atoms with Gasteiger partial charge in [0.15, 0.2) is 0 Å². The first-order valence-corrected chi connectivity index (χ1v) is 7.84. The minimum absolute atomic E-state index is 0.212. The van der Waals surface area contributed by atoms with Gasteiger partial charge in [-0.25, -0.2) is 0 Å². The van der Waals surface area contributed by atoms with Crippen molar-refractivity contribution in [1.82, 2.24) is 4.90 Å². The monoisotopic (exact) mass is 286 g/mol. The van der Waals surface area contributed by atoms with Gasteiger partial charge >= 0.3 is 0 Å². The summed E-state index contributed by atoms with van der Waals surface area (Å²) in [4.78, 5) is 14.5. The fourth-order valence-electron chi connectivity index (χ4n) is 2.79. The number of nitrogens with zero attached hydrogens (tertiary/aromatic N) is 1. The van der Waals surface area contributed by atoms with Crippen molar-refractivity contribution >= 4 is 22.9 Å². The topological polar surface area (TPSA) is 46.3 Å². The van der Waals surface area contributed by atoms with Gasteiger partial charge in [0.25, 0.3) is 0 Å². The summed E-state index contributed by atoms with van der Waals surface area (Å²) in [6, 6.07) is 9.96. The first kappa shape index (κ1) is 13.2. The van der Waals surface area contributed by atoms with E-state index >= 15 is 0 Å². The smallest absolute Gasteiger partial charge is 0.227 e. The molecule has 1 unspecified atom stereocenters. The van der Waals surface area contributed by atoms with E-state index in [1.807, 2.05) is 29.2 Å². The van der Waals surface area contributed by atoms with E-state index in [1.54, 1.807) is 11.3 Å². The van der Waals surface area contributed by atoms with Crippen molar-refractivity contribution in [2.24, 2.45) is 0 Å². The Balaban J connectivity index is 1.71. The molecule has 1 aromatic carbocycles. The lowest BCUT2D eigenvalue weighted by molar-refractivity contribution is -0.131. The number of nitrogen functional groups attached to an aromatic ring is 1. The van der Waals surface area contributed by atoms with Crippen LogP contribution in [0.25, 0.3) is 0 Å². The van der Waals surface area contributed by atoms with Crippen molar-refractivity contribution in [3.63, 3.8) is 0 Å². The second kappa shape index (κ2) is 5.67. The SMILES string of the molecule is Nc1ccc(CC(=O)N2CCCC2c2ccsc2)cc1. The fourth-order valence-corrected chi connectivity index (χ4v) is 3.50. The Morgan fingerprint density at radius 1 is 1.30 bits per heavy atom. The first-order chi connectivity index (χ1) is 9.74. The predicted molar refractivity (Wildman–Crippen MR) is 82.6 cm³/mol. The molecule has 1 aliphatic rings. The Morgan fingerprint density at radius 2 is 2.10 bits per heavy atom. The maximum absolute atomic E-state index is 12.5. The van der Waals surface area contributed by atoms with Gasteiger partial charge in [0, 0.05) is 12.2 Å². The third-order valence-corrected chi connectivity index (χ3v) is 4.54. The third kappa shape index (κ3) is 2.70. The fraction of sp³-hybridized carbons (Fsp3) is 0.312. The molecular formula is C16H18N2OS. The molecule has 4 heteroatoms. The van der Waals surface area contributed by atoms with Gasteiger partial charge in [-0.1, -0.05) is 12.1 Å². The standard InChI is InChI=1S/C16H18N2OS/c17-14-5-3-12(4-6-14)10-16(19)18-8-1-2-15(18)13-7-9-20-11-13/h3-7,9,11,15H,1-2,8,10,17H2. The van der Waals surface area contributed by atoms with E-state index in [9.17, 15) is 4.79 Å². The highest BCUT2D eigenvalue weighted by Gasteiger charge is 2.29. The molecule has 1 saturated heterocycles. The van der Waals surface area contributed by atoms with E-state index in [2.05, 4.69) is 16.8 Å². The lowest BCUT2D eigenvalue weighted by Gasteiger charge is -2.24. The van der Waals surface area contributed by atoms with E-state index in [1.165, 1.54) is 5.56 Å². The molecule has 0 spiro atoms. The number of carbonyl (C=O) groups excluding carboxylic acids is 1. The van der Waals surface area contributed by atoms with Crippen LogP contribution in [0, 0.1) is 0 Å². The Labute approximate surface area is 123 Å². The molecule has 104 valence electrons. The van der Waals surface area contributed by atoms with Crippen molar-refractivity contribution in [1.29, 1.82) is 0 Å². The van der Waals surface area contributed by atoms with Gasteiger partial charge in [0.1, 0.15) is 0 Å². The quantitative estimate of drug-likeness (QED) is 0.880. The van der Waals surface area contributed by atoms with Gasteiger partial charge in [-0.15, -0.1) is 0 Å². The normalized spacial score (nSPS) is 18.4. The van der Waals surface area contributed by atoms with E-state index in [0.29, 0.717) is 6.42 Å². The molecule has 2 aromatic rings. The maximum atomic E-state index is 12.5. The minimum Gasteiger partial charge on any atom is -0.399 e. The van der Waals surface area contributed by atoms with Crippen LogP contribution in [0.1, 0.15) is 30.0 Å². The van der Waals surface area contributed by atoms with Gasteiger partial charge in [-0.05, 0) is 52.9 Å². The summed E-state index contributed by atoms with van der Waals surface area (Å²) in [6.07, 6.45) is 2.62. The van der Waals surface area contributed by atoms with Crippen molar-refractivity contribution in [2.45, 2.75) is 25.3 Å². The van der Waals surface area contributed by atoms with Crippen LogP contribution in [0.2, 0.25) is 0 Å². The molecule has 0 bridgehead atoms. The summed E-state index contributed by atoms with van der Waals surface area (Å²) in [5.41, 5.74) is 8.71. The molecule has 0 aliphatic carbocycles. The number of hydrogen-bond donors (Lipinski definition) is 1. The van der Waals surface area contributed by atoms with Gasteiger partial charge < -0.3 is 10.6 Å². The Morgan fingerprint density at radius 3 is 2.80 bits per heavy atom. The van der Waals surface area contributed by atoms with Crippen LogP contribution >= 0.6 is 11.3 Å². The van der Waals surface area contributed by atoms with Crippen LogP contribution in [0.3, 0.4) is 0 Å². The number of amides is 1. The van der Waals surface area contributed by atoms with E-state index < -0.39 is 0 Å². The maximum Gasteiger partial charge on any atom is 0.227 e. The summed E-state index contributed by atoms with van der Waals surface area (Å²) in [6.45, 7) is 0.869. The number of thiophene rings is 1. The van der Waals surface area contributed by atoms with Crippen molar-refractivity contribution in [2.75, 3.05) is 12.3 Å². The number of benzene rings is 1. The molecule has 3 nitrogen and oxygen atoms in total. The molecular weight excluding hydrogens is 268 g/mol. The average molecular weight is 286 g/mol. The number of rotatable bonds is 3. The summed E-state index contributed by atoms with van der Waals surface area (Å²) in [5.74, 6) is 0.212. The highest BCUT2D eigenvalue weighted by Crippen LogP contribution is 2.33. The summed E-state index contributed by atoms with van der Waals surface area (Å²) >= 11 is 1.69. The number of nitrogens with two attached hydrogens (primary N) is 1. The lowest BCUT2D eigenvalue weighted by atomic mass is 10.1. The van der Waals surface area contributed by atoms with Crippen molar-refractivity contribution < 1.29 is 4.79 Å². The van der Waals surface area contributed by atoms with Gasteiger partial charge in [-0.3, -0.25) is 4.79 Å². The first-order valence-electron chi connectivity index (χ1n) is 6.90. The zero-order valence-electron chi connectivity index (χ0n) is 11.3. The number of likely N-dealkylation sites (tertiary alicyclic amines) is 1. The molecule has 1 aromatic heterocycles. The van der Waals surface area contributed by atoms with Crippen molar-refractivity contribution in [3.8, 4) is 0 Å². The second-order valence-electron chi connectivity index (χ2n) is 5.22. The zero-order valence-corrected chi connectivity index (χ0v) is 12.1. The van der Waals surface area contributed by atoms with Gasteiger partial charge in [0.2, 0.25) is 5.91 Å². The minimum atomic E-state index is 0.212. The molecule has 1 atom stereocenters. The summed E-state index contributed by atoms with van der Waals surface area (Å²) in [7, 11) is 0. The Hall–Kier alpha value is -1.81. The Kier molecular flexibility index (Phi) is 3.74. The van der Waals surface area contributed by atoms with Crippen LogP contribution in [-0.4, -0.2) is 17.4 Å². The van der Waals surface area contributed by atoms with Crippen LogP contribution in [0.4, 0.5) is 5.69 Å². The largest absolute Gasteiger partial charge is 0.399 e. The number of anilines is 1. The van der Waals surface area contributed by atoms with Crippen LogP contribution in [-0.2, 0) is 11.2 Å². The average Bonchev–Trinajstić information content (AvgIpc) is 3.11.